The molecule has 3 aromatic rings. The van der Waals surface area contributed by atoms with Crippen molar-refractivity contribution in [3.05, 3.63) is 67.9 Å². The molecule has 1 atom stereocenters. The van der Waals surface area contributed by atoms with E-state index in [2.05, 4.69) is 10.6 Å². The summed E-state index contributed by atoms with van der Waals surface area (Å²) >= 11 is 2.70. The lowest BCUT2D eigenvalue weighted by Crippen LogP contribution is -2.50. The number of rotatable bonds is 14. The molecule has 0 fully saturated rings. The number of carbonyl (C=O) groups excluding carboxylic acids is 5. The van der Waals surface area contributed by atoms with Crippen molar-refractivity contribution in [1.29, 1.82) is 0 Å². The number of carbonyl (C=O) groups is 5. The predicted octanol–water partition coefficient (Wildman–Crippen LogP) is 4.80. The Hall–Kier alpha value is -4.07. The van der Waals surface area contributed by atoms with E-state index in [9.17, 15) is 24.0 Å². The molecular formula is C34H39N3O8S2. The van der Waals surface area contributed by atoms with E-state index in [4.69, 9.17) is 14.2 Å². The van der Waals surface area contributed by atoms with Gasteiger partial charge in [-0.15, -0.1) is 22.7 Å². The molecule has 2 aliphatic rings. The van der Waals surface area contributed by atoms with E-state index in [0.29, 0.717) is 21.1 Å². The van der Waals surface area contributed by atoms with Crippen LogP contribution in [0.15, 0.2) is 30.3 Å². The van der Waals surface area contributed by atoms with Crippen molar-refractivity contribution in [3.63, 3.8) is 0 Å². The first-order valence-corrected chi connectivity index (χ1v) is 17.5. The van der Waals surface area contributed by atoms with Crippen LogP contribution in [0, 0.1) is 0 Å². The second-order valence-corrected chi connectivity index (χ2v) is 13.5. The normalized spacial score (nSPS) is 13.9. The topological polar surface area (TPSA) is 140 Å². The Morgan fingerprint density at radius 1 is 0.766 bits per heavy atom. The number of fused-ring (bicyclic) bond motifs is 2. The lowest BCUT2D eigenvalue weighted by molar-refractivity contribution is -0.147. The van der Waals surface area contributed by atoms with Gasteiger partial charge in [0.25, 0.3) is 0 Å². The molecule has 2 aliphatic carbocycles. The van der Waals surface area contributed by atoms with Crippen LogP contribution >= 0.6 is 22.7 Å². The minimum atomic E-state index is -0.991. The molecule has 0 unspecified atom stereocenters. The van der Waals surface area contributed by atoms with Crippen LogP contribution in [0.5, 0.6) is 0 Å². The van der Waals surface area contributed by atoms with E-state index >= 15 is 0 Å². The van der Waals surface area contributed by atoms with Gasteiger partial charge in [0, 0.05) is 9.75 Å². The van der Waals surface area contributed by atoms with Crippen molar-refractivity contribution in [2.45, 2.75) is 64.8 Å². The first-order valence-electron chi connectivity index (χ1n) is 15.8. The Morgan fingerprint density at radius 2 is 1.26 bits per heavy atom. The Kier molecular flexibility index (Phi) is 11.4. The highest BCUT2D eigenvalue weighted by molar-refractivity contribution is 7.17. The van der Waals surface area contributed by atoms with Gasteiger partial charge in [-0.1, -0.05) is 30.3 Å². The Morgan fingerprint density at radius 3 is 1.70 bits per heavy atom. The molecule has 11 nitrogen and oxygen atoms in total. The Balaban J connectivity index is 1.41. The number of nitrogens with zero attached hydrogens (tertiary/aromatic N) is 1. The number of hydrogen-bond donors (Lipinski definition) is 2. The molecule has 250 valence electrons. The summed E-state index contributed by atoms with van der Waals surface area (Å²) in [6, 6.07) is 8.25. The highest BCUT2D eigenvalue weighted by atomic mass is 32.1. The number of nitrogens with one attached hydrogen (secondary N) is 2. The maximum absolute atomic E-state index is 13.7. The molecular weight excluding hydrogens is 643 g/mol. The summed E-state index contributed by atoms with van der Waals surface area (Å²) in [6.45, 7) is 3.15. The van der Waals surface area contributed by atoms with Crippen LogP contribution in [-0.4, -0.2) is 74.1 Å². The molecule has 0 radical (unpaired) electrons. The third-order valence-corrected chi connectivity index (χ3v) is 10.6. The van der Waals surface area contributed by atoms with Crippen LogP contribution in [0.25, 0.3) is 0 Å². The molecule has 2 heterocycles. The van der Waals surface area contributed by atoms with Crippen LogP contribution in [0.4, 0.5) is 10.0 Å². The molecule has 0 saturated heterocycles. The summed E-state index contributed by atoms with van der Waals surface area (Å²) < 4.78 is 15.7. The SMILES string of the molecule is CCOC(=O)c1c(NC(=O)CN(CC(=O)Nc2sc3c(c2C(=O)OCC)CCC3)[C@@H](Cc2ccccc2)C(=O)OC)sc2c1CCC2. The molecule has 0 aliphatic heterocycles. The van der Waals surface area contributed by atoms with Gasteiger partial charge >= 0.3 is 17.9 Å². The van der Waals surface area contributed by atoms with E-state index in [-0.39, 0.29) is 32.7 Å². The molecule has 1 aromatic carbocycles. The highest BCUT2D eigenvalue weighted by Gasteiger charge is 2.34. The molecule has 5 rings (SSSR count). The van der Waals surface area contributed by atoms with Gasteiger partial charge in [0.15, 0.2) is 0 Å². The molecule has 2 amide bonds. The van der Waals surface area contributed by atoms with Gasteiger partial charge in [-0.25, -0.2) is 9.59 Å². The summed E-state index contributed by atoms with van der Waals surface area (Å²) in [4.78, 5) is 69.9. The van der Waals surface area contributed by atoms with E-state index in [1.165, 1.54) is 34.7 Å². The van der Waals surface area contributed by atoms with Crippen LogP contribution < -0.4 is 10.6 Å². The van der Waals surface area contributed by atoms with Gasteiger partial charge in [-0.05, 0) is 75.5 Å². The zero-order valence-corrected chi connectivity index (χ0v) is 28.4. The maximum atomic E-state index is 13.7. The monoisotopic (exact) mass is 681 g/mol. The second-order valence-electron chi connectivity index (χ2n) is 11.3. The van der Waals surface area contributed by atoms with Gasteiger partial charge in [0.1, 0.15) is 16.0 Å². The number of esters is 3. The van der Waals surface area contributed by atoms with Crippen molar-refractivity contribution < 1.29 is 38.2 Å². The number of hydrogen-bond acceptors (Lipinski definition) is 11. The maximum Gasteiger partial charge on any atom is 0.341 e. The highest BCUT2D eigenvalue weighted by Crippen LogP contribution is 2.40. The number of methoxy groups -OCH3 is 1. The fraction of sp³-hybridized carbons (Fsp3) is 0.441. The van der Waals surface area contributed by atoms with E-state index < -0.39 is 35.8 Å². The summed E-state index contributed by atoms with van der Waals surface area (Å²) in [5.41, 5.74) is 3.35. The van der Waals surface area contributed by atoms with Crippen molar-refractivity contribution in [2.24, 2.45) is 0 Å². The van der Waals surface area contributed by atoms with E-state index in [1.807, 2.05) is 30.3 Å². The quantitative estimate of drug-likeness (QED) is 0.181. The van der Waals surface area contributed by atoms with Crippen molar-refractivity contribution in [3.8, 4) is 0 Å². The first kappa shape index (κ1) is 34.3. The summed E-state index contributed by atoms with van der Waals surface area (Å²) in [6.07, 6.45) is 5.11. The number of amides is 2. The van der Waals surface area contributed by atoms with Gasteiger partial charge in [-0.2, -0.15) is 0 Å². The predicted molar refractivity (Wildman–Crippen MR) is 179 cm³/mol. The standard InChI is InChI=1S/C34H39N3O8S2/c1-4-44-33(41)28-21-13-9-15-24(21)46-30(28)35-26(38)18-37(23(32(40)43-3)17-20-11-7-6-8-12-20)19-27(39)36-31-29(34(42)45-5-2)22-14-10-16-25(22)47-31/h6-8,11-12,23H,4-5,9-10,13-19H2,1-3H3,(H,35,38)(H,36,39)/t23-/m0/s1. The summed E-state index contributed by atoms with van der Waals surface area (Å²) in [7, 11) is 1.26. The average molecular weight is 682 g/mol. The first-order chi connectivity index (χ1) is 22.7. The molecule has 0 bridgehead atoms. The number of aryl methyl sites for hydroxylation is 2. The van der Waals surface area contributed by atoms with Gasteiger partial charge < -0.3 is 24.8 Å². The van der Waals surface area contributed by atoms with Crippen molar-refractivity contribution in [1.82, 2.24) is 4.90 Å². The van der Waals surface area contributed by atoms with Gasteiger partial charge in [0.2, 0.25) is 11.8 Å². The summed E-state index contributed by atoms with van der Waals surface area (Å²) in [5.74, 6) is -2.61. The fourth-order valence-corrected chi connectivity index (χ4v) is 8.72. The molecule has 47 heavy (non-hydrogen) atoms. The Labute approximate surface area is 281 Å². The van der Waals surface area contributed by atoms with E-state index in [1.54, 1.807) is 13.8 Å². The lowest BCUT2D eigenvalue weighted by Gasteiger charge is -2.29. The number of benzene rings is 1. The molecule has 2 aromatic heterocycles. The van der Waals surface area contributed by atoms with Crippen LogP contribution in [0.1, 0.15) is 73.8 Å². The van der Waals surface area contributed by atoms with Crippen molar-refractivity contribution >= 4 is 62.4 Å². The summed E-state index contributed by atoms with van der Waals surface area (Å²) in [5, 5.41) is 6.52. The lowest BCUT2D eigenvalue weighted by atomic mass is 10.0. The smallest absolute Gasteiger partial charge is 0.341 e. The van der Waals surface area contributed by atoms with Crippen LogP contribution in [-0.2, 0) is 60.7 Å². The number of thiophene rings is 2. The van der Waals surface area contributed by atoms with Crippen LogP contribution in [0.2, 0.25) is 0 Å². The third-order valence-electron chi connectivity index (χ3n) is 8.19. The molecule has 13 heteroatoms. The molecule has 2 N–H and O–H groups in total. The zero-order valence-electron chi connectivity index (χ0n) is 26.8. The third kappa shape index (κ3) is 7.91. The minimum Gasteiger partial charge on any atom is -0.468 e. The average Bonchev–Trinajstić information content (AvgIpc) is 3.82. The molecule has 0 saturated carbocycles. The van der Waals surface area contributed by atoms with Crippen LogP contribution in [0.3, 0.4) is 0 Å². The Bertz CT molecular complexity index is 1560. The van der Waals surface area contributed by atoms with Crippen molar-refractivity contribution in [2.75, 3.05) is 44.0 Å². The van der Waals surface area contributed by atoms with E-state index in [0.717, 1.165) is 65.0 Å². The minimum absolute atomic E-state index is 0.177. The van der Waals surface area contributed by atoms with Gasteiger partial charge in [-0.3, -0.25) is 19.3 Å². The molecule has 0 spiro atoms. The largest absolute Gasteiger partial charge is 0.468 e. The second kappa shape index (κ2) is 15.7. The fourth-order valence-electron chi connectivity index (χ4n) is 6.14. The zero-order chi connectivity index (χ0) is 33.5. The van der Waals surface area contributed by atoms with Gasteiger partial charge in [0.05, 0.1) is 44.5 Å². The number of ether oxygens (including phenoxy) is 3. The number of anilines is 2.